The van der Waals surface area contributed by atoms with Gasteiger partial charge in [-0.25, -0.2) is 0 Å². The van der Waals surface area contributed by atoms with Gasteiger partial charge in [-0.1, -0.05) is 48.5 Å². The van der Waals surface area contributed by atoms with E-state index in [1.165, 1.54) is 0 Å². The molecule has 3 aromatic rings. The van der Waals surface area contributed by atoms with Crippen LogP contribution >= 0.6 is 0 Å². The second kappa shape index (κ2) is 7.34. The van der Waals surface area contributed by atoms with Gasteiger partial charge in [0.1, 0.15) is 0 Å². The molecule has 0 saturated carbocycles. The zero-order valence-electron chi connectivity index (χ0n) is 14.6. The highest BCUT2D eigenvalue weighted by Crippen LogP contribution is 2.23. The number of likely N-dealkylation sites (N-methyl/N-ethyl adjacent to an activating group) is 1. The molecule has 1 aromatic heterocycles. The number of carbonyl (C=O) groups excluding carboxylic acids is 2. The summed E-state index contributed by atoms with van der Waals surface area (Å²) in [4.78, 5) is 26.8. The van der Waals surface area contributed by atoms with Gasteiger partial charge in [0.05, 0.1) is 5.56 Å². The quantitative estimate of drug-likeness (QED) is 0.509. The van der Waals surface area contributed by atoms with Crippen LogP contribution in [0.1, 0.15) is 29.8 Å². The van der Waals surface area contributed by atoms with Gasteiger partial charge in [-0.2, -0.15) is 0 Å². The third kappa shape index (κ3) is 3.33. The van der Waals surface area contributed by atoms with Crippen LogP contribution in [0, 0.1) is 0 Å². The van der Waals surface area contributed by atoms with Crippen molar-refractivity contribution in [1.82, 2.24) is 9.47 Å². The third-order valence-corrected chi connectivity index (χ3v) is 4.47. The molecule has 128 valence electrons. The molecule has 0 bridgehead atoms. The van der Waals surface area contributed by atoms with E-state index >= 15 is 0 Å². The molecule has 1 heterocycles. The van der Waals surface area contributed by atoms with Crippen molar-refractivity contribution in [2.45, 2.75) is 20.4 Å². The average Bonchev–Trinajstić information content (AvgIpc) is 3.01. The van der Waals surface area contributed by atoms with E-state index in [9.17, 15) is 9.59 Å². The number of amides is 1. The van der Waals surface area contributed by atoms with Crippen LogP contribution in [0.15, 0.2) is 60.8 Å². The zero-order chi connectivity index (χ0) is 17.8. The molecular formula is C21H22N2O2. The summed E-state index contributed by atoms with van der Waals surface area (Å²) < 4.78 is 2.04. The Balaban J connectivity index is 2.02. The Kier molecular flexibility index (Phi) is 4.98. The second-order valence-corrected chi connectivity index (χ2v) is 5.98. The summed E-state index contributed by atoms with van der Waals surface area (Å²) in [5, 5.41) is 0.823. The molecule has 2 aromatic carbocycles. The monoisotopic (exact) mass is 334 g/mol. The molecule has 0 aliphatic rings. The van der Waals surface area contributed by atoms with Crippen LogP contribution in [-0.2, 0) is 11.3 Å². The first-order valence-corrected chi connectivity index (χ1v) is 8.61. The minimum Gasteiger partial charge on any atom is -0.342 e. The molecule has 3 rings (SSSR count). The maximum Gasteiger partial charge on any atom is 0.295 e. The van der Waals surface area contributed by atoms with Crippen LogP contribution < -0.4 is 0 Å². The Morgan fingerprint density at radius 2 is 1.56 bits per heavy atom. The second-order valence-electron chi connectivity index (χ2n) is 5.98. The number of benzene rings is 2. The lowest BCUT2D eigenvalue weighted by atomic mass is 10.1. The highest BCUT2D eigenvalue weighted by Gasteiger charge is 2.24. The van der Waals surface area contributed by atoms with Gasteiger partial charge in [0.15, 0.2) is 0 Å². The van der Waals surface area contributed by atoms with Crippen molar-refractivity contribution in [2.75, 3.05) is 13.1 Å². The van der Waals surface area contributed by atoms with Gasteiger partial charge in [0.25, 0.3) is 11.7 Å². The topological polar surface area (TPSA) is 42.3 Å². The van der Waals surface area contributed by atoms with E-state index in [0.29, 0.717) is 25.2 Å². The van der Waals surface area contributed by atoms with E-state index in [4.69, 9.17) is 0 Å². The summed E-state index contributed by atoms with van der Waals surface area (Å²) in [6.45, 7) is 5.49. The van der Waals surface area contributed by atoms with Crippen molar-refractivity contribution < 1.29 is 9.59 Å². The first kappa shape index (κ1) is 17.0. The molecule has 4 nitrogen and oxygen atoms in total. The molecule has 25 heavy (non-hydrogen) atoms. The Morgan fingerprint density at radius 1 is 0.920 bits per heavy atom. The van der Waals surface area contributed by atoms with Crippen LogP contribution in [-0.4, -0.2) is 34.2 Å². The first-order valence-electron chi connectivity index (χ1n) is 8.61. The Bertz CT molecular complexity index is 893. The van der Waals surface area contributed by atoms with Crippen molar-refractivity contribution in [3.8, 4) is 0 Å². The van der Waals surface area contributed by atoms with Gasteiger partial charge in [-0.3, -0.25) is 9.59 Å². The van der Waals surface area contributed by atoms with E-state index < -0.39 is 11.7 Å². The number of hydrogen-bond donors (Lipinski definition) is 0. The van der Waals surface area contributed by atoms with Gasteiger partial charge in [0, 0.05) is 36.7 Å². The fourth-order valence-corrected chi connectivity index (χ4v) is 3.11. The molecule has 0 unspecified atom stereocenters. The molecule has 0 saturated heterocycles. The molecular weight excluding hydrogens is 312 g/mol. The summed E-state index contributed by atoms with van der Waals surface area (Å²) in [6.07, 6.45) is 1.81. The van der Waals surface area contributed by atoms with Crippen molar-refractivity contribution >= 4 is 22.6 Å². The van der Waals surface area contributed by atoms with Crippen LogP contribution in [0.2, 0.25) is 0 Å². The Labute approximate surface area is 147 Å². The van der Waals surface area contributed by atoms with Crippen LogP contribution in [0.3, 0.4) is 0 Å². The highest BCUT2D eigenvalue weighted by molar-refractivity contribution is 6.44. The fourth-order valence-electron chi connectivity index (χ4n) is 3.11. The number of ketones is 1. The van der Waals surface area contributed by atoms with Crippen molar-refractivity contribution in [3.05, 3.63) is 71.9 Å². The summed E-state index contributed by atoms with van der Waals surface area (Å²) in [6, 6.07) is 17.8. The number of hydrogen-bond acceptors (Lipinski definition) is 2. The minimum atomic E-state index is -0.438. The molecule has 0 fully saturated rings. The van der Waals surface area contributed by atoms with E-state index in [0.717, 1.165) is 16.5 Å². The lowest BCUT2D eigenvalue weighted by molar-refractivity contribution is -0.126. The van der Waals surface area contributed by atoms with Crippen molar-refractivity contribution in [1.29, 1.82) is 0 Å². The van der Waals surface area contributed by atoms with Gasteiger partial charge >= 0.3 is 0 Å². The number of carbonyl (C=O) groups is 2. The first-order chi connectivity index (χ1) is 12.2. The molecule has 0 atom stereocenters. The van der Waals surface area contributed by atoms with E-state index in [1.54, 1.807) is 11.1 Å². The summed E-state index contributed by atoms with van der Waals surface area (Å²) in [7, 11) is 0. The number of fused-ring (bicyclic) bond motifs is 1. The molecule has 4 heteroatoms. The maximum atomic E-state index is 12.8. The van der Waals surface area contributed by atoms with Gasteiger partial charge in [0.2, 0.25) is 0 Å². The lowest BCUT2D eigenvalue weighted by Gasteiger charge is -2.17. The number of rotatable bonds is 6. The number of nitrogens with zero attached hydrogens (tertiary/aromatic N) is 2. The SMILES string of the molecule is CCN(CC)C(=O)C(=O)c1cn(Cc2ccccc2)c2ccccc12. The number of aromatic nitrogens is 1. The fraction of sp³-hybridized carbons (Fsp3) is 0.238. The third-order valence-electron chi connectivity index (χ3n) is 4.47. The summed E-state index contributed by atoms with van der Waals surface area (Å²) in [5.41, 5.74) is 2.59. The predicted octanol–water partition coefficient (Wildman–Crippen LogP) is 3.74. The van der Waals surface area contributed by atoms with Crippen LogP contribution in [0.4, 0.5) is 0 Å². The summed E-state index contributed by atoms with van der Waals surface area (Å²) in [5.74, 6) is -0.876. The molecule has 1 amide bonds. The standard InChI is InChI=1S/C21H22N2O2/c1-3-22(4-2)21(25)20(24)18-15-23(14-16-10-6-5-7-11-16)19-13-9-8-12-17(18)19/h5-13,15H,3-4,14H2,1-2H3. The largest absolute Gasteiger partial charge is 0.342 e. The zero-order valence-corrected chi connectivity index (χ0v) is 14.6. The normalized spacial score (nSPS) is 10.8. The van der Waals surface area contributed by atoms with Crippen LogP contribution in [0.5, 0.6) is 0 Å². The maximum absolute atomic E-state index is 12.8. The van der Waals surface area contributed by atoms with Gasteiger partial charge in [-0.05, 0) is 25.5 Å². The Morgan fingerprint density at radius 3 is 2.24 bits per heavy atom. The van der Waals surface area contributed by atoms with E-state index in [-0.39, 0.29) is 0 Å². The molecule has 0 spiro atoms. The predicted molar refractivity (Wildman–Crippen MR) is 99.7 cm³/mol. The molecule has 0 aliphatic heterocycles. The molecule has 0 N–H and O–H groups in total. The smallest absolute Gasteiger partial charge is 0.295 e. The van der Waals surface area contributed by atoms with Crippen molar-refractivity contribution in [2.24, 2.45) is 0 Å². The number of para-hydroxylation sites is 1. The Hall–Kier alpha value is -2.88. The molecule has 0 aliphatic carbocycles. The summed E-state index contributed by atoms with van der Waals surface area (Å²) >= 11 is 0. The van der Waals surface area contributed by atoms with E-state index in [2.05, 4.69) is 12.1 Å². The van der Waals surface area contributed by atoms with Gasteiger partial charge < -0.3 is 9.47 Å². The van der Waals surface area contributed by atoms with Gasteiger partial charge in [-0.15, -0.1) is 0 Å². The highest BCUT2D eigenvalue weighted by atomic mass is 16.2. The van der Waals surface area contributed by atoms with Crippen molar-refractivity contribution in [3.63, 3.8) is 0 Å². The lowest BCUT2D eigenvalue weighted by Crippen LogP contribution is -2.36. The van der Waals surface area contributed by atoms with Crippen LogP contribution in [0.25, 0.3) is 10.9 Å². The molecule has 0 radical (unpaired) electrons. The average molecular weight is 334 g/mol. The minimum absolute atomic E-state index is 0.437. The number of Topliss-reactive ketones (excluding diaryl/α,β-unsaturated/α-hetero) is 1. The van der Waals surface area contributed by atoms with E-state index in [1.807, 2.05) is 60.9 Å².